The normalized spacial score (nSPS) is 16.7. The Morgan fingerprint density at radius 1 is 1.37 bits per heavy atom. The standard InChI is InChI=1S/C16H27N3/c1-4-15(17)9-14-7-8-16(18-10-14)19(12(2)3)11-13-5-6-13/h7-8,10,12-13,15H,4-6,9,11,17H2,1-3H3. The highest BCUT2D eigenvalue weighted by Crippen LogP contribution is 2.31. The van der Waals surface area contributed by atoms with Gasteiger partial charge in [-0.15, -0.1) is 0 Å². The summed E-state index contributed by atoms with van der Waals surface area (Å²) in [6.45, 7) is 7.76. The molecule has 106 valence electrons. The molecule has 0 bridgehead atoms. The molecule has 2 N–H and O–H groups in total. The van der Waals surface area contributed by atoms with Gasteiger partial charge in [0.15, 0.2) is 0 Å². The van der Waals surface area contributed by atoms with E-state index < -0.39 is 0 Å². The van der Waals surface area contributed by atoms with Gasteiger partial charge in [-0.2, -0.15) is 0 Å². The van der Waals surface area contributed by atoms with E-state index in [1.165, 1.54) is 18.4 Å². The number of pyridine rings is 1. The summed E-state index contributed by atoms with van der Waals surface area (Å²) in [6.07, 6.45) is 6.70. The minimum Gasteiger partial charge on any atom is -0.354 e. The fourth-order valence-corrected chi connectivity index (χ4v) is 2.30. The van der Waals surface area contributed by atoms with Crippen LogP contribution in [0.2, 0.25) is 0 Å². The summed E-state index contributed by atoms with van der Waals surface area (Å²) in [5, 5.41) is 0. The highest BCUT2D eigenvalue weighted by molar-refractivity contribution is 5.40. The Balaban J connectivity index is 2.02. The van der Waals surface area contributed by atoms with Gasteiger partial charge in [-0.3, -0.25) is 0 Å². The van der Waals surface area contributed by atoms with Gasteiger partial charge in [-0.05, 0) is 57.1 Å². The summed E-state index contributed by atoms with van der Waals surface area (Å²) >= 11 is 0. The van der Waals surface area contributed by atoms with Crippen molar-refractivity contribution in [2.75, 3.05) is 11.4 Å². The summed E-state index contributed by atoms with van der Waals surface area (Å²) in [5.74, 6) is 1.99. The van der Waals surface area contributed by atoms with Crippen LogP contribution >= 0.6 is 0 Å². The summed E-state index contributed by atoms with van der Waals surface area (Å²) < 4.78 is 0. The molecule has 0 amide bonds. The van der Waals surface area contributed by atoms with Crippen molar-refractivity contribution in [2.45, 2.75) is 58.5 Å². The van der Waals surface area contributed by atoms with Crippen LogP contribution in [0.3, 0.4) is 0 Å². The van der Waals surface area contributed by atoms with Crippen LogP contribution in [0.15, 0.2) is 18.3 Å². The monoisotopic (exact) mass is 261 g/mol. The number of anilines is 1. The molecule has 0 aromatic carbocycles. The average molecular weight is 261 g/mol. The number of nitrogens with two attached hydrogens (primary N) is 1. The Kier molecular flexibility index (Phi) is 4.81. The van der Waals surface area contributed by atoms with Gasteiger partial charge in [0.25, 0.3) is 0 Å². The SMILES string of the molecule is CCC(N)Cc1ccc(N(CC2CC2)C(C)C)nc1. The molecule has 1 aliphatic rings. The van der Waals surface area contributed by atoms with Gasteiger partial charge in [0.2, 0.25) is 0 Å². The van der Waals surface area contributed by atoms with Crippen molar-refractivity contribution >= 4 is 5.82 Å². The molecule has 3 nitrogen and oxygen atoms in total. The highest BCUT2D eigenvalue weighted by Gasteiger charge is 2.26. The summed E-state index contributed by atoms with van der Waals surface area (Å²) in [4.78, 5) is 7.06. The fraction of sp³-hybridized carbons (Fsp3) is 0.688. The molecule has 1 atom stereocenters. The summed E-state index contributed by atoms with van der Waals surface area (Å²) in [6, 6.07) is 5.09. The van der Waals surface area contributed by atoms with Crippen LogP contribution in [-0.4, -0.2) is 23.6 Å². The maximum absolute atomic E-state index is 5.99. The first-order chi connectivity index (χ1) is 9.10. The molecule has 1 aliphatic carbocycles. The summed E-state index contributed by atoms with van der Waals surface area (Å²) in [5.41, 5.74) is 7.23. The summed E-state index contributed by atoms with van der Waals surface area (Å²) in [7, 11) is 0. The first-order valence-electron chi connectivity index (χ1n) is 7.57. The molecular weight excluding hydrogens is 234 g/mol. The topological polar surface area (TPSA) is 42.1 Å². The van der Waals surface area contributed by atoms with Crippen molar-refractivity contribution < 1.29 is 0 Å². The Hall–Kier alpha value is -1.09. The maximum Gasteiger partial charge on any atom is 0.128 e. The third-order valence-electron chi connectivity index (χ3n) is 3.90. The van der Waals surface area contributed by atoms with Gasteiger partial charge in [0, 0.05) is 24.8 Å². The second-order valence-electron chi connectivity index (χ2n) is 6.09. The molecule has 1 saturated carbocycles. The van der Waals surface area contributed by atoms with Gasteiger partial charge in [-0.25, -0.2) is 4.98 Å². The Morgan fingerprint density at radius 3 is 2.58 bits per heavy atom. The highest BCUT2D eigenvalue weighted by atomic mass is 15.2. The molecule has 1 fully saturated rings. The molecule has 1 heterocycles. The minimum atomic E-state index is 0.250. The lowest BCUT2D eigenvalue weighted by Crippen LogP contribution is -2.33. The van der Waals surface area contributed by atoms with E-state index in [9.17, 15) is 0 Å². The molecule has 0 spiro atoms. The van der Waals surface area contributed by atoms with Crippen molar-refractivity contribution in [3.63, 3.8) is 0 Å². The first-order valence-corrected chi connectivity index (χ1v) is 7.57. The molecule has 1 aromatic rings. The van der Waals surface area contributed by atoms with E-state index in [4.69, 9.17) is 5.73 Å². The molecule has 2 rings (SSSR count). The Bertz CT molecular complexity index is 381. The van der Waals surface area contributed by atoms with Crippen LogP contribution in [0.4, 0.5) is 5.82 Å². The lowest BCUT2D eigenvalue weighted by molar-refractivity contribution is 0.632. The second-order valence-corrected chi connectivity index (χ2v) is 6.09. The van der Waals surface area contributed by atoms with Crippen LogP contribution in [-0.2, 0) is 6.42 Å². The van der Waals surface area contributed by atoms with E-state index in [0.717, 1.165) is 31.1 Å². The zero-order chi connectivity index (χ0) is 13.8. The van der Waals surface area contributed by atoms with Gasteiger partial charge < -0.3 is 10.6 Å². The lowest BCUT2D eigenvalue weighted by atomic mass is 10.1. The van der Waals surface area contributed by atoms with Crippen molar-refractivity contribution in [1.82, 2.24) is 4.98 Å². The van der Waals surface area contributed by atoms with Crippen LogP contribution < -0.4 is 10.6 Å². The van der Waals surface area contributed by atoms with E-state index >= 15 is 0 Å². The number of aromatic nitrogens is 1. The predicted octanol–water partition coefficient (Wildman–Crippen LogP) is 2.99. The molecule has 3 heteroatoms. The van der Waals surface area contributed by atoms with Gasteiger partial charge in [0.05, 0.1) is 0 Å². The van der Waals surface area contributed by atoms with E-state index in [1.54, 1.807) is 0 Å². The van der Waals surface area contributed by atoms with Crippen LogP contribution in [0.5, 0.6) is 0 Å². The van der Waals surface area contributed by atoms with E-state index in [-0.39, 0.29) is 6.04 Å². The van der Waals surface area contributed by atoms with Crippen LogP contribution in [0.25, 0.3) is 0 Å². The number of rotatable bonds is 7. The van der Waals surface area contributed by atoms with E-state index in [2.05, 4.69) is 42.8 Å². The smallest absolute Gasteiger partial charge is 0.128 e. The first kappa shape index (κ1) is 14.3. The second kappa shape index (κ2) is 6.38. The van der Waals surface area contributed by atoms with Crippen molar-refractivity contribution in [2.24, 2.45) is 11.7 Å². The quantitative estimate of drug-likeness (QED) is 0.820. The predicted molar refractivity (Wildman–Crippen MR) is 81.4 cm³/mol. The molecule has 1 unspecified atom stereocenters. The minimum absolute atomic E-state index is 0.250. The third-order valence-corrected chi connectivity index (χ3v) is 3.90. The van der Waals surface area contributed by atoms with E-state index in [0.29, 0.717) is 6.04 Å². The molecule has 19 heavy (non-hydrogen) atoms. The average Bonchev–Trinajstić information content (AvgIpc) is 3.20. The van der Waals surface area contributed by atoms with Crippen LogP contribution in [0, 0.1) is 5.92 Å². The van der Waals surface area contributed by atoms with Gasteiger partial charge >= 0.3 is 0 Å². The van der Waals surface area contributed by atoms with Gasteiger partial charge in [-0.1, -0.05) is 13.0 Å². The molecular formula is C16H27N3. The van der Waals surface area contributed by atoms with Crippen molar-refractivity contribution in [1.29, 1.82) is 0 Å². The molecule has 0 saturated heterocycles. The molecule has 0 radical (unpaired) electrons. The van der Waals surface area contributed by atoms with Crippen molar-refractivity contribution in [3.8, 4) is 0 Å². The fourth-order valence-electron chi connectivity index (χ4n) is 2.30. The largest absolute Gasteiger partial charge is 0.354 e. The third kappa shape index (κ3) is 4.20. The zero-order valence-electron chi connectivity index (χ0n) is 12.5. The Labute approximate surface area is 117 Å². The zero-order valence-corrected chi connectivity index (χ0v) is 12.5. The van der Waals surface area contributed by atoms with E-state index in [1.807, 2.05) is 6.20 Å². The Morgan fingerprint density at radius 2 is 2.11 bits per heavy atom. The molecule has 0 aliphatic heterocycles. The number of hydrogen-bond donors (Lipinski definition) is 1. The van der Waals surface area contributed by atoms with Crippen molar-refractivity contribution in [3.05, 3.63) is 23.9 Å². The van der Waals surface area contributed by atoms with Crippen LogP contribution in [0.1, 0.15) is 45.6 Å². The number of hydrogen-bond acceptors (Lipinski definition) is 3. The lowest BCUT2D eigenvalue weighted by Gasteiger charge is -2.28. The maximum atomic E-state index is 5.99. The van der Waals surface area contributed by atoms with Gasteiger partial charge in [0.1, 0.15) is 5.82 Å². The number of nitrogens with zero attached hydrogens (tertiary/aromatic N) is 2. The molecule has 1 aromatic heterocycles.